The Hall–Kier alpha value is -0.710. The molecule has 18 heavy (non-hydrogen) atoms. The van der Waals surface area contributed by atoms with Gasteiger partial charge in [-0.05, 0) is 25.1 Å². The largest absolute Gasteiger partial charge is 0.310 e. The average Bonchev–Trinajstić information content (AvgIpc) is 2.75. The summed E-state index contributed by atoms with van der Waals surface area (Å²) in [6.45, 7) is 5.14. The van der Waals surface area contributed by atoms with Crippen LogP contribution in [-0.2, 0) is 6.42 Å². The predicted molar refractivity (Wildman–Crippen MR) is 81.1 cm³/mol. The smallest absolute Gasteiger partial charge is 0.0897 e. The number of hydrogen-bond donors (Lipinski definition) is 1. The van der Waals surface area contributed by atoms with Crippen LogP contribution in [0.5, 0.6) is 0 Å². The number of halogens is 1. The summed E-state index contributed by atoms with van der Waals surface area (Å²) in [6, 6.07) is 8.69. The highest BCUT2D eigenvalue weighted by Gasteiger charge is 2.15. The Kier molecular flexibility index (Phi) is 4.92. The fourth-order valence-electron chi connectivity index (χ4n) is 2.01. The van der Waals surface area contributed by atoms with Gasteiger partial charge in [0.2, 0.25) is 0 Å². The molecule has 96 valence electrons. The molecule has 0 aliphatic heterocycles. The van der Waals surface area contributed by atoms with Crippen molar-refractivity contribution in [3.05, 3.63) is 50.4 Å². The number of nitrogens with one attached hydrogen (secondary N) is 1. The van der Waals surface area contributed by atoms with Crippen LogP contribution in [0.15, 0.2) is 34.1 Å². The van der Waals surface area contributed by atoms with Gasteiger partial charge in [0.25, 0.3) is 0 Å². The number of thiazole rings is 1. The third-order valence-corrected chi connectivity index (χ3v) is 4.36. The molecule has 0 saturated heterocycles. The van der Waals surface area contributed by atoms with Gasteiger partial charge in [0, 0.05) is 22.3 Å². The molecule has 2 nitrogen and oxygen atoms in total. The molecule has 4 heteroatoms. The standard InChI is InChI=1S/C14H17BrN2S/c1-3-16-14(8-11-9-18-10(2)17-11)12-6-4-5-7-13(12)15/h4-7,9,14,16H,3,8H2,1-2H3. The van der Waals surface area contributed by atoms with E-state index in [4.69, 9.17) is 0 Å². The van der Waals surface area contributed by atoms with Crippen LogP contribution >= 0.6 is 27.3 Å². The third kappa shape index (κ3) is 3.40. The molecule has 0 spiro atoms. The number of hydrogen-bond acceptors (Lipinski definition) is 3. The van der Waals surface area contributed by atoms with Crippen LogP contribution in [-0.4, -0.2) is 11.5 Å². The van der Waals surface area contributed by atoms with Crippen LogP contribution in [0.3, 0.4) is 0 Å². The molecule has 0 aliphatic carbocycles. The van der Waals surface area contributed by atoms with E-state index in [-0.39, 0.29) is 0 Å². The van der Waals surface area contributed by atoms with Crippen LogP contribution in [0.1, 0.15) is 29.2 Å². The zero-order valence-electron chi connectivity index (χ0n) is 10.6. The van der Waals surface area contributed by atoms with Crippen molar-refractivity contribution in [2.75, 3.05) is 6.54 Å². The summed E-state index contributed by atoms with van der Waals surface area (Å²) >= 11 is 5.34. The highest BCUT2D eigenvalue weighted by Crippen LogP contribution is 2.26. The SMILES string of the molecule is CCNC(Cc1csc(C)n1)c1ccccc1Br. The van der Waals surface area contributed by atoms with Crippen molar-refractivity contribution in [2.24, 2.45) is 0 Å². The molecule has 1 heterocycles. The number of aromatic nitrogens is 1. The Labute approximate surface area is 121 Å². The molecule has 1 unspecified atom stereocenters. The molecule has 1 aromatic heterocycles. The molecular weight excluding hydrogens is 308 g/mol. The number of aryl methyl sites for hydroxylation is 1. The van der Waals surface area contributed by atoms with Crippen molar-refractivity contribution in [1.82, 2.24) is 10.3 Å². The Morgan fingerprint density at radius 3 is 2.78 bits per heavy atom. The Bertz CT molecular complexity index is 510. The fourth-order valence-corrected chi connectivity index (χ4v) is 3.19. The first-order valence-electron chi connectivity index (χ1n) is 6.09. The van der Waals surface area contributed by atoms with Gasteiger partial charge in [-0.3, -0.25) is 0 Å². The molecular formula is C14H17BrN2S. The van der Waals surface area contributed by atoms with Gasteiger partial charge in [-0.2, -0.15) is 0 Å². The second kappa shape index (κ2) is 6.45. The second-order valence-electron chi connectivity index (χ2n) is 4.19. The summed E-state index contributed by atoms with van der Waals surface area (Å²) < 4.78 is 1.16. The van der Waals surface area contributed by atoms with E-state index in [1.807, 2.05) is 6.07 Å². The molecule has 1 atom stereocenters. The van der Waals surface area contributed by atoms with E-state index in [1.54, 1.807) is 11.3 Å². The molecule has 0 saturated carbocycles. The number of benzene rings is 1. The van der Waals surface area contributed by atoms with Crippen molar-refractivity contribution in [1.29, 1.82) is 0 Å². The van der Waals surface area contributed by atoms with Gasteiger partial charge in [0.1, 0.15) is 0 Å². The Balaban J connectivity index is 2.20. The monoisotopic (exact) mass is 324 g/mol. The Morgan fingerprint density at radius 2 is 2.17 bits per heavy atom. The number of nitrogens with zero attached hydrogens (tertiary/aromatic N) is 1. The minimum Gasteiger partial charge on any atom is -0.310 e. The van der Waals surface area contributed by atoms with E-state index >= 15 is 0 Å². The van der Waals surface area contributed by atoms with Crippen molar-refractivity contribution >= 4 is 27.3 Å². The van der Waals surface area contributed by atoms with Gasteiger partial charge in [0.05, 0.1) is 10.7 Å². The van der Waals surface area contributed by atoms with E-state index in [1.165, 1.54) is 11.3 Å². The van der Waals surface area contributed by atoms with Crippen molar-refractivity contribution < 1.29 is 0 Å². The molecule has 0 fully saturated rings. The highest BCUT2D eigenvalue weighted by atomic mass is 79.9. The number of rotatable bonds is 5. The maximum Gasteiger partial charge on any atom is 0.0897 e. The molecule has 2 rings (SSSR count). The summed E-state index contributed by atoms with van der Waals surface area (Å²) in [5.74, 6) is 0. The lowest BCUT2D eigenvalue weighted by Gasteiger charge is -2.18. The molecule has 0 radical (unpaired) electrons. The zero-order chi connectivity index (χ0) is 13.0. The zero-order valence-corrected chi connectivity index (χ0v) is 13.0. The summed E-state index contributed by atoms with van der Waals surface area (Å²) in [4.78, 5) is 4.55. The van der Waals surface area contributed by atoms with Gasteiger partial charge in [-0.15, -0.1) is 11.3 Å². The maximum absolute atomic E-state index is 4.55. The topological polar surface area (TPSA) is 24.9 Å². The average molecular weight is 325 g/mol. The van der Waals surface area contributed by atoms with Crippen molar-refractivity contribution in [3.63, 3.8) is 0 Å². The van der Waals surface area contributed by atoms with Gasteiger partial charge in [-0.1, -0.05) is 41.1 Å². The van der Waals surface area contributed by atoms with Crippen molar-refractivity contribution in [3.8, 4) is 0 Å². The van der Waals surface area contributed by atoms with Crippen LogP contribution in [0, 0.1) is 6.92 Å². The summed E-state index contributed by atoms with van der Waals surface area (Å²) in [6.07, 6.45) is 0.931. The van der Waals surface area contributed by atoms with Crippen LogP contribution in [0.2, 0.25) is 0 Å². The first kappa shape index (κ1) is 13.7. The van der Waals surface area contributed by atoms with Gasteiger partial charge < -0.3 is 5.32 Å². The van der Waals surface area contributed by atoms with Crippen LogP contribution in [0.4, 0.5) is 0 Å². The van der Waals surface area contributed by atoms with E-state index < -0.39 is 0 Å². The second-order valence-corrected chi connectivity index (χ2v) is 6.11. The van der Waals surface area contributed by atoms with Crippen molar-refractivity contribution in [2.45, 2.75) is 26.3 Å². The van der Waals surface area contributed by atoms with Crippen LogP contribution in [0.25, 0.3) is 0 Å². The predicted octanol–water partition coefficient (Wildman–Crippen LogP) is 4.11. The van der Waals surface area contributed by atoms with Crippen LogP contribution < -0.4 is 5.32 Å². The normalized spacial score (nSPS) is 12.6. The first-order chi connectivity index (χ1) is 8.70. The molecule has 1 aromatic carbocycles. The number of likely N-dealkylation sites (N-methyl/N-ethyl adjacent to an activating group) is 1. The molecule has 0 aliphatic rings. The molecule has 0 amide bonds. The van der Waals surface area contributed by atoms with E-state index in [9.17, 15) is 0 Å². The summed E-state index contributed by atoms with van der Waals surface area (Å²) in [5, 5.41) is 6.81. The third-order valence-electron chi connectivity index (χ3n) is 2.81. The van der Waals surface area contributed by atoms with Gasteiger partial charge in [-0.25, -0.2) is 4.98 Å². The quantitative estimate of drug-likeness (QED) is 0.895. The van der Waals surface area contributed by atoms with Gasteiger partial charge in [0.15, 0.2) is 0 Å². The first-order valence-corrected chi connectivity index (χ1v) is 7.76. The lowest BCUT2D eigenvalue weighted by molar-refractivity contribution is 0.543. The van der Waals surface area contributed by atoms with E-state index in [0.717, 1.165) is 22.4 Å². The Morgan fingerprint density at radius 1 is 1.39 bits per heavy atom. The highest BCUT2D eigenvalue weighted by molar-refractivity contribution is 9.10. The van der Waals surface area contributed by atoms with Gasteiger partial charge >= 0.3 is 0 Å². The van der Waals surface area contributed by atoms with E-state index in [2.05, 4.69) is 63.7 Å². The minimum absolute atomic E-state index is 0.312. The lowest BCUT2D eigenvalue weighted by Crippen LogP contribution is -2.23. The maximum atomic E-state index is 4.55. The molecule has 1 N–H and O–H groups in total. The minimum atomic E-state index is 0.312. The summed E-state index contributed by atoms with van der Waals surface area (Å²) in [5.41, 5.74) is 2.46. The van der Waals surface area contributed by atoms with E-state index in [0.29, 0.717) is 6.04 Å². The summed E-state index contributed by atoms with van der Waals surface area (Å²) in [7, 11) is 0. The lowest BCUT2D eigenvalue weighted by atomic mass is 10.0. The molecule has 2 aromatic rings. The fraction of sp³-hybridized carbons (Fsp3) is 0.357. The molecule has 0 bridgehead atoms.